The normalized spacial score (nSPS) is 15.3. The van der Waals surface area contributed by atoms with E-state index < -0.39 is 11.6 Å². The van der Waals surface area contributed by atoms with Crippen molar-refractivity contribution in [2.24, 2.45) is 5.92 Å². The number of rotatable bonds is 8. The van der Waals surface area contributed by atoms with Crippen LogP contribution in [0.1, 0.15) is 56.5 Å². The minimum atomic E-state index is -0.473. The molecule has 0 aromatic heterocycles. The van der Waals surface area contributed by atoms with Crippen molar-refractivity contribution in [3.05, 3.63) is 29.3 Å². The maximum absolute atomic E-state index is 12.5. The number of carbonyl (C=O) groups is 2. The average Bonchev–Trinajstić information content (AvgIpc) is 2.62. The Labute approximate surface area is 161 Å². The molecular formula is C21H32NO5+. The molecule has 6 heteroatoms. The van der Waals surface area contributed by atoms with E-state index in [9.17, 15) is 9.59 Å². The number of piperidine rings is 1. The Balaban J connectivity index is 2.06. The highest BCUT2D eigenvalue weighted by molar-refractivity contribution is 5.92. The first kappa shape index (κ1) is 21.2. The molecule has 150 valence electrons. The van der Waals surface area contributed by atoms with Gasteiger partial charge in [-0.25, -0.2) is 4.79 Å². The number of carbonyl (C=O) groups excluding carboxylic acids is 2. The third kappa shape index (κ3) is 5.96. The molecule has 2 rings (SSSR count). The summed E-state index contributed by atoms with van der Waals surface area (Å²) in [4.78, 5) is 24.5. The molecule has 2 N–H and O–H groups in total. The van der Waals surface area contributed by atoms with Gasteiger partial charge < -0.3 is 19.5 Å². The zero-order chi connectivity index (χ0) is 19.9. The lowest BCUT2D eigenvalue weighted by Crippen LogP contribution is -2.86. The van der Waals surface area contributed by atoms with Gasteiger partial charge in [0.1, 0.15) is 16.9 Å². The van der Waals surface area contributed by atoms with Gasteiger partial charge in [0, 0.05) is 18.8 Å². The molecule has 0 bridgehead atoms. The molecule has 0 amide bonds. The van der Waals surface area contributed by atoms with Crippen molar-refractivity contribution in [2.45, 2.75) is 52.6 Å². The van der Waals surface area contributed by atoms with E-state index in [2.05, 4.69) is 5.32 Å². The Morgan fingerprint density at radius 2 is 1.85 bits per heavy atom. The van der Waals surface area contributed by atoms with E-state index in [1.54, 1.807) is 25.1 Å². The minimum absolute atomic E-state index is 0.144. The number of hydrogen-bond acceptors (Lipinski definition) is 5. The van der Waals surface area contributed by atoms with Gasteiger partial charge in [-0.3, -0.25) is 4.79 Å². The van der Waals surface area contributed by atoms with Crippen LogP contribution < -0.4 is 10.1 Å². The van der Waals surface area contributed by atoms with Gasteiger partial charge in [-0.2, -0.15) is 0 Å². The zero-order valence-corrected chi connectivity index (χ0v) is 16.9. The van der Waals surface area contributed by atoms with Crippen molar-refractivity contribution in [3.8, 4) is 5.75 Å². The highest BCUT2D eigenvalue weighted by atomic mass is 16.6. The first-order valence-corrected chi connectivity index (χ1v) is 9.83. The van der Waals surface area contributed by atoms with Gasteiger partial charge >= 0.3 is 11.9 Å². The van der Waals surface area contributed by atoms with Crippen LogP contribution in [-0.2, 0) is 20.7 Å². The number of hydrogen-bond donors (Lipinski definition) is 1. The second-order valence-electron chi connectivity index (χ2n) is 7.38. The monoisotopic (exact) mass is 378 g/mol. The van der Waals surface area contributed by atoms with Crippen molar-refractivity contribution >= 4 is 11.9 Å². The summed E-state index contributed by atoms with van der Waals surface area (Å²) in [5, 5.41) is 2.30. The van der Waals surface area contributed by atoms with Crippen molar-refractivity contribution in [1.82, 2.24) is 0 Å². The topological polar surface area (TPSA) is 78.4 Å². The van der Waals surface area contributed by atoms with Crippen LogP contribution in [0.4, 0.5) is 0 Å². The maximum atomic E-state index is 12.5. The van der Waals surface area contributed by atoms with Gasteiger partial charge in [0.15, 0.2) is 0 Å². The van der Waals surface area contributed by atoms with Gasteiger partial charge in [0.2, 0.25) is 0 Å². The summed E-state index contributed by atoms with van der Waals surface area (Å²) < 4.78 is 16.4. The Morgan fingerprint density at radius 1 is 1.15 bits per heavy atom. The van der Waals surface area contributed by atoms with Crippen molar-refractivity contribution in [1.29, 1.82) is 0 Å². The second kappa shape index (κ2) is 9.74. The van der Waals surface area contributed by atoms with E-state index in [0.717, 1.165) is 31.5 Å². The van der Waals surface area contributed by atoms with Gasteiger partial charge in [-0.05, 0) is 45.4 Å². The first-order valence-electron chi connectivity index (χ1n) is 9.83. The molecule has 0 aliphatic carbocycles. The summed E-state index contributed by atoms with van der Waals surface area (Å²) in [6.07, 6.45) is 2.26. The highest BCUT2D eigenvalue weighted by Gasteiger charge is 2.35. The molecule has 0 saturated carbocycles. The molecule has 1 aromatic rings. The fourth-order valence-corrected chi connectivity index (χ4v) is 3.53. The fraction of sp³-hybridized carbons (Fsp3) is 0.619. The average molecular weight is 378 g/mol. The third-order valence-electron chi connectivity index (χ3n) is 4.99. The van der Waals surface area contributed by atoms with Gasteiger partial charge in [-0.1, -0.05) is 6.07 Å². The van der Waals surface area contributed by atoms with Gasteiger partial charge in [-0.15, -0.1) is 0 Å². The smallest absolute Gasteiger partial charge is 0.341 e. The lowest BCUT2D eigenvalue weighted by Gasteiger charge is -2.35. The summed E-state index contributed by atoms with van der Waals surface area (Å²) >= 11 is 0. The number of quaternary nitrogens is 1. The lowest BCUT2D eigenvalue weighted by molar-refractivity contribution is -0.665. The molecule has 1 aliphatic heterocycles. The Bertz CT molecular complexity index is 650. The van der Waals surface area contributed by atoms with Crippen LogP contribution in [0.15, 0.2) is 18.2 Å². The molecule has 1 saturated heterocycles. The molecule has 0 unspecified atom stereocenters. The van der Waals surface area contributed by atoms with E-state index >= 15 is 0 Å². The SMILES string of the molecule is CCOC(=O)c1ccc(CC(=O)OC(C)(C)C2CC[NH2+]CC2)cc1OCC. The van der Waals surface area contributed by atoms with E-state index in [1.165, 1.54) is 0 Å². The largest absolute Gasteiger partial charge is 0.493 e. The minimum Gasteiger partial charge on any atom is -0.493 e. The molecule has 0 spiro atoms. The quantitative estimate of drug-likeness (QED) is 0.701. The van der Waals surface area contributed by atoms with Crippen LogP contribution in [0, 0.1) is 5.92 Å². The maximum Gasteiger partial charge on any atom is 0.341 e. The van der Waals surface area contributed by atoms with Crippen LogP contribution in [0.2, 0.25) is 0 Å². The molecule has 1 heterocycles. The molecule has 1 fully saturated rings. The summed E-state index contributed by atoms with van der Waals surface area (Å²) in [7, 11) is 0. The van der Waals surface area contributed by atoms with Crippen LogP contribution in [0.25, 0.3) is 0 Å². The van der Waals surface area contributed by atoms with Crippen LogP contribution in [0.5, 0.6) is 5.75 Å². The number of nitrogens with two attached hydrogens (primary N) is 1. The predicted molar refractivity (Wildman–Crippen MR) is 102 cm³/mol. The zero-order valence-electron chi connectivity index (χ0n) is 16.9. The fourth-order valence-electron chi connectivity index (χ4n) is 3.53. The molecule has 27 heavy (non-hydrogen) atoms. The van der Waals surface area contributed by atoms with Crippen molar-refractivity contribution < 1.29 is 29.1 Å². The number of esters is 2. The first-order chi connectivity index (χ1) is 12.9. The van der Waals surface area contributed by atoms with E-state index in [0.29, 0.717) is 30.4 Å². The van der Waals surface area contributed by atoms with Crippen molar-refractivity contribution in [2.75, 3.05) is 26.3 Å². The highest BCUT2D eigenvalue weighted by Crippen LogP contribution is 2.29. The lowest BCUT2D eigenvalue weighted by atomic mass is 9.83. The molecule has 0 atom stereocenters. The van der Waals surface area contributed by atoms with Gasteiger partial charge in [0.05, 0.1) is 32.7 Å². The summed E-state index contributed by atoms with van der Waals surface area (Å²) in [6, 6.07) is 5.12. The van der Waals surface area contributed by atoms with Crippen LogP contribution >= 0.6 is 0 Å². The van der Waals surface area contributed by atoms with Crippen molar-refractivity contribution in [3.63, 3.8) is 0 Å². The number of ether oxygens (including phenoxy) is 3. The molecule has 1 aromatic carbocycles. The Morgan fingerprint density at radius 3 is 2.48 bits per heavy atom. The van der Waals surface area contributed by atoms with Crippen LogP contribution in [0.3, 0.4) is 0 Å². The summed E-state index contributed by atoms with van der Waals surface area (Å²) in [5.74, 6) is 0.131. The summed E-state index contributed by atoms with van der Waals surface area (Å²) in [5.41, 5.74) is 0.651. The van der Waals surface area contributed by atoms with E-state index in [-0.39, 0.29) is 12.4 Å². The second-order valence-corrected chi connectivity index (χ2v) is 7.38. The standard InChI is InChI=1S/C21H31NO5/c1-5-25-18-13-15(7-8-17(18)20(24)26-6-2)14-19(23)27-21(3,4)16-9-11-22-12-10-16/h7-8,13,16,22H,5-6,9-12,14H2,1-4H3/p+1. The molecular weight excluding hydrogens is 346 g/mol. The van der Waals surface area contributed by atoms with Crippen LogP contribution in [-0.4, -0.2) is 43.8 Å². The summed E-state index contributed by atoms with van der Waals surface area (Å²) in [6.45, 7) is 10.5. The van der Waals surface area contributed by atoms with E-state index in [1.807, 2.05) is 20.8 Å². The Kier molecular flexibility index (Phi) is 7.66. The molecule has 6 nitrogen and oxygen atoms in total. The van der Waals surface area contributed by atoms with E-state index in [4.69, 9.17) is 14.2 Å². The molecule has 0 radical (unpaired) electrons. The Hall–Kier alpha value is -2.08. The third-order valence-corrected chi connectivity index (χ3v) is 4.99. The van der Waals surface area contributed by atoms with Gasteiger partial charge in [0.25, 0.3) is 0 Å². The molecule has 1 aliphatic rings. The number of benzene rings is 1. The predicted octanol–water partition coefficient (Wildman–Crippen LogP) is 2.10.